The predicted octanol–water partition coefficient (Wildman–Crippen LogP) is -0.832. The van der Waals surface area contributed by atoms with Gasteiger partial charge in [-0.15, -0.1) is 0 Å². The summed E-state index contributed by atoms with van der Waals surface area (Å²) in [4.78, 5) is 11.1. The summed E-state index contributed by atoms with van der Waals surface area (Å²) in [5, 5.41) is 10.6. The van der Waals surface area contributed by atoms with Crippen LogP contribution in [0.2, 0.25) is 0 Å². The molecule has 0 saturated carbocycles. The molecule has 1 amide bonds. The number of sulfone groups is 1. The van der Waals surface area contributed by atoms with Crippen molar-refractivity contribution >= 4 is 15.7 Å². The van der Waals surface area contributed by atoms with Gasteiger partial charge in [0.15, 0.2) is 9.84 Å². The fourth-order valence-corrected chi connectivity index (χ4v) is 2.32. The molecule has 0 saturated heterocycles. The first-order chi connectivity index (χ1) is 7.37. The van der Waals surface area contributed by atoms with Crippen molar-refractivity contribution in [3.8, 4) is 6.07 Å². The zero-order chi connectivity index (χ0) is 12.6. The smallest absolute Gasteiger partial charge is 0.235 e. The Hall–Kier alpha value is -1.13. The SMILES string of the molecule is CC(N)CCS(=O)(=O)CC(=O)NCCC#N. The van der Waals surface area contributed by atoms with Crippen LogP contribution in [-0.2, 0) is 14.6 Å². The predicted molar refractivity (Wildman–Crippen MR) is 60.2 cm³/mol. The largest absolute Gasteiger partial charge is 0.354 e. The molecule has 0 aliphatic heterocycles. The first-order valence-corrected chi connectivity index (χ1v) is 6.79. The van der Waals surface area contributed by atoms with Crippen molar-refractivity contribution in [3.05, 3.63) is 0 Å². The molecule has 0 heterocycles. The maximum atomic E-state index is 11.4. The molecule has 0 aliphatic carbocycles. The minimum Gasteiger partial charge on any atom is -0.354 e. The minimum absolute atomic E-state index is 0.0870. The first-order valence-electron chi connectivity index (χ1n) is 4.97. The first kappa shape index (κ1) is 14.9. The Balaban J connectivity index is 3.97. The molecule has 16 heavy (non-hydrogen) atoms. The van der Waals surface area contributed by atoms with E-state index in [1.54, 1.807) is 6.92 Å². The molecular weight excluding hydrogens is 230 g/mol. The summed E-state index contributed by atoms with van der Waals surface area (Å²) in [6, 6.07) is 1.65. The van der Waals surface area contributed by atoms with Gasteiger partial charge in [0.2, 0.25) is 5.91 Å². The van der Waals surface area contributed by atoms with Gasteiger partial charge in [0.1, 0.15) is 5.75 Å². The highest BCUT2D eigenvalue weighted by molar-refractivity contribution is 7.92. The summed E-state index contributed by atoms with van der Waals surface area (Å²) < 4.78 is 22.8. The van der Waals surface area contributed by atoms with Gasteiger partial charge in [0.25, 0.3) is 0 Å². The van der Waals surface area contributed by atoms with Crippen molar-refractivity contribution < 1.29 is 13.2 Å². The third-order valence-corrected chi connectivity index (χ3v) is 3.35. The topological polar surface area (TPSA) is 113 Å². The number of amides is 1. The number of rotatable bonds is 7. The maximum absolute atomic E-state index is 11.4. The minimum atomic E-state index is -3.39. The Morgan fingerprint density at radius 2 is 2.19 bits per heavy atom. The molecule has 0 fully saturated rings. The molecule has 0 aromatic heterocycles. The second-order valence-corrected chi connectivity index (χ2v) is 5.80. The molecule has 0 rings (SSSR count). The van der Waals surface area contributed by atoms with E-state index in [0.29, 0.717) is 6.42 Å². The lowest BCUT2D eigenvalue weighted by Crippen LogP contribution is -2.32. The van der Waals surface area contributed by atoms with Crippen LogP contribution in [0.15, 0.2) is 0 Å². The van der Waals surface area contributed by atoms with Gasteiger partial charge in [-0.2, -0.15) is 5.26 Å². The molecule has 1 unspecified atom stereocenters. The number of hydrogen-bond acceptors (Lipinski definition) is 5. The molecule has 0 radical (unpaired) electrons. The van der Waals surface area contributed by atoms with Crippen LogP contribution in [0, 0.1) is 11.3 Å². The summed E-state index contributed by atoms with van der Waals surface area (Å²) in [5.41, 5.74) is 5.43. The van der Waals surface area contributed by atoms with E-state index >= 15 is 0 Å². The Morgan fingerprint density at radius 3 is 2.69 bits per heavy atom. The average Bonchev–Trinajstić information content (AvgIpc) is 2.15. The lowest BCUT2D eigenvalue weighted by atomic mass is 10.3. The molecule has 0 bridgehead atoms. The van der Waals surface area contributed by atoms with E-state index in [1.807, 2.05) is 6.07 Å². The molecule has 1 atom stereocenters. The number of nitrogens with one attached hydrogen (secondary N) is 1. The highest BCUT2D eigenvalue weighted by Crippen LogP contribution is 1.96. The molecule has 7 heteroatoms. The maximum Gasteiger partial charge on any atom is 0.235 e. The van der Waals surface area contributed by atoms with Crippen molar-refractivity contribution in [2.75, 3.05) is 18.1 Å². The van der Waals surface area contributed by atoms with Gasteiger partial charge in [-0.25, -0.2) is 8.42 Å². The summed E-state index contributed by atoms with van der Waals surface area (Å²) in [6.45, 7) is 1.89. The van der Waals surface area contributed by atoms with E-state index in [9.17, 15) is 13.2 Å². The highest BCUT2D eigenvalue weighted by Gasteiger charge is 2.16. The van der Waals surface area contributed by atoms with Gasteiger partial charge < -0.3 is 11.1 Å². The van der Waals surface area contributed by atoms with Crippen LogP contribution in [-0.4, -0.2) is 38.4 Å². The number of carbonyl (C=O) groups excluding carboxylic acids is 1. The van der Waals surface area contributed by atoms with Crippen molar-refractivity contribution in [2.24, 2.45) is 5.73 Å². The Bertz CT molecular complexity index is 357. The molecule has 0 aromatic carbocycles. The van der Waals surface area contributed by atoms with Gasteiger partial charge in [-0.05, 0) is 13.3 Å². The zero-order valence-corrected chi connectivity index (χ0v) is 10.1. The van der Waals surface area contributed by atoms with Crippen molar-refractivity contribution in [2.45, 2.75) is 25.8 Å². The normalized spacial score (nSPS) is 12.8. The monoisotopic (exact) mass is 247 g/mol. The van der Waals surface area contributed by atoms with E-state index in [4.69, 9.17) is 11.0 Å². The summed E-state index contributed by atoms with van der Waals surface area (Å²) in [5.74, 6) is -1.19. The van der Waals surface area contributed by atoms with Crippen LogP contribution < -0.4 is 11.1 Å². The summed E-state index contributed by atoms with van der Waals surface area (Å²) in [6.07, 6.45) is 0.513. The van der Waals surface area contributed by atoms with Crippen molar-refractivity contribution in [1.29, 1.82) is 5.26 Å². The average molecular weight is 247 g/mol. The molecule has 3 N–H and O–H groups in total. The fraction of sp³-hybridized carbons (Fsp3) is 0.778. The third-order valence-electron chi connectivity index (χ3n) is 1.79. The van der Waals surface area contributed by atoms with Gasteiger partial charge in [0.05, 0.1) is 18.2 Å². The van der Waals surface area contributed by atoms with Gasteiger partial charge in [0, 0.05) is 12.6 Å². The fourth-order valence-electron chi connectivity index (χ4n) is 0.946. The Morgan fingerprint density at radius 1 is 1.56 bits per heavy atom. The van der Waals surface area contributed by atoms with E-state index < -0.39 is 21.5 Å². The van der Waals surface area contributed by atoms with Crippen LogP contribution in [0.25, 0.3) is 0 Å². The Labute approximate surface area is 95.7 Å². The number of nitrogens with zero attached hydrogens (tertiary/aromatic N) is 1. The van der Waals surface area contributed by atoms with Crippen LogP contribution in [0.3, 0.4) is 0 Å². The van der Waals surface area contributed by atoms with Crippen molar-refractivity contribution in [1.82, 2.24) is 5.32 Å². The molecule has 6 nitrogen and oxygen atoms in total. The van der Waals surface area contributed by atoms with Crippen LogP contribution >= 0.6 is 0 Å². The standard InChI is InChI=1S/C9H17N3O3S/c1-8(11)3-6-16(14,15)7-9(13)12-5-2-4-10/h8H,2-3,5-7,11H2,1H3,(H,12,13). The summed E-state index contributed by atoms with van der Waals surface area (Å²) in [7, 11) is -3.39. The second kappa shape index (κ2) is 7.19. The van der Waals surface area contributed by atoms with E-state index in [2.05, 4.69) is 5.32 Å². The number of carbonyl (C=O) groups is 1. The number of nitriles is 1. The lowest BCUT2D eigenvalue weighted by Gasteiger charge is -2.06. The van der Waals surface area contributed by atoms with Crippen LogP contribution in [0.1, 0.15) is 19.8 Å². The quantitative estimate of drug-likeness (QED) is 0.570. The summed E-state index contributed by atoms with van der Waals surface area (Å²) >= 11 is 0. The van der Waals surface area contributed by atoms with Crippen LogP contribution in [0.4, 0.5) is 0 Å². The van der Waals surface area contributed by atoms with Gasteiger partial charge in [-0.1, -0.05) is 0 Å². The van der Waals surface area contributed by atoms with Gasteiger partial charge >= 0.3 is 0 Å². The number of hydrogen-bond donors (Lipinski definition) is 2. The van der Waals surface area contributed by atoms with E-state index in [0.717, 1.165) is 0 Å². The lowest BCUT2D eigenvalue weighted by molar-refractivity contribution is -0.118. The molecular formula is C9H17N3O3S. The van der Waals surface area contributed by atoms with E-state index in [-0.39, 0.29) is 24.8 Å². The molecule has 0 aromatic rings. The van der Waals surface area contributed by atoms with E-state index in [1.165, 1.54) is 0 Å². The Kier molecular flexibility index (Phi) is 6.69. The molecule has 0 aliphatic rings. The second-order valence-electron chi connectivity index (χ2n) is 3.62. The van der Waals surface area contributed by atoms with Crippen molar-refractivity contribution in [3.63, 3.8) is 0 Å². The van der Waals surface area contributed by atoms with Gasteiger partial charge in [-0.3, -0.25) is 4.79 Å². The molecule has 92 valence electrons. The zero-order valence-electron chi connectivity index (χ0n) is 9.27. The number of nitrogens with two attached hydrogens (primary N) is 1. The highest BCUT2D eigenvalue weighted by atomic mass is 32.2. The van der Waals surface area contributed by atoms with Crippen LogP contribution in [0.5, 0.6) is 0 Å². The third kappa shape index (κ3) is 8.20. The molecule has 0 spiro atoms.